The summed E-state index contributed by atoms with van der Waals surface area (Å²) < 4.78 is 21.6. The number of nitrogens with one attached hydrogen (secondary N) is 2. The summed E-state index contributed by atoms with van der Waals surface area (Å²) in [5, 5.41) is 15.5. The van der Waals surface area contributed by atoms with Crippen molar-refractivity contribution in [2.24, 2.45) is 5.92 Å². The summed E-state index contributed by atoms with van der Waals surface area (Å²) in [7, 11) is 0. The standard InChI is InChI=1S/C40H46N8O6/c1-25(2)53-36-20-33-28(19-32(36)39(50)43-34-21-42-47-15-3-14-41-38(34)47)23-48(45-33)29-8-4-27(5-9-29)22-46-16-17-52-24-30(46)18-26-6-10-31(11-7-26)54-35-12-13-37(49)44-40(35)51/h3,6-7,10-11,14-15,19-21,23,25,27,29-30,35H,4-5,8-9,12-13,16-18,22,24H2,1-2H3,(H,43,50)(H,44,49,51)/t27-,29-,30-,35?/m0/s1. The van der Waals surface area contributed by atoms with E-state index in [9.17, 15) is 14.4 Å². The Labute approximate surface area is 313 Å². The van der Waals surface area contributed by atoms with E-state index < -0.39 is 6.10 Å². The molecule has 14 heteroatoms. The van der Waals surface area contributed by atoms with Crippen LogP contribution >= 0.6 is 0 Å². The van der Waals surface area contributed by atoms with E-state index in [4.69, 9.17) is 19.3 Å². The zero-order valence-corrected chi connectivity index (χ0v) is 30.6. The van der Waals surface area contributed by atoms with Crippen molar-refractivity contribution in [3.05, 3.63) is 78.4 Å². The fraction of sp³-hybridized carbons (Fsp3) is 0.450. The maximum absolute atomic E-state index is 13.6. The van der Waals surface area contributed by atoms with Crippen molar-refractivity contribution < 1.29 is 28.6 Å². The van der Waals surface area contributed by atoms with Crippen molar-refractivity contribution in [2.75, 3.05) is 31.6 Å². The average Bonchev–Trinajstić information content (AvgIpc) is 3.78. The first-order valence-electron chi connectivity index (χ1n) is 19.0. The van der Waals surface area contributed by atoms with Crippen molar-refractivity contribution in [1.29, 1.82) is 0 Å². The molecule has 54 heavy (non-hydrogen) atoms. The first-order valence-corrected chi connectivity index (χ1v) is 19.0. The Kier molecular flexibility index (Phi) is 10.3. The van der Waals surface area contributed by atoms with Crippen molar-refractivity contribution in [2.45, 2.75) is 83.1 Å². The van der Waals surface area contributed by atoms with E-state index in [2.05, 4.69) is 48.6 Å². The lowest BCUT2D eigenvalue weighted by Gasteiger charge is -2.39. The van der Waals surface area contributed by atoms with Gasteiger partial charge in [-0.3, -0.25) is 29.3 Å². The minimum absolute atomic E-state index is 0.122. The molecule has 5 heterocycles. The third-order valence-electron chi connectivity index (χ3n) is 10.7. The topological polar surface area (TPSA) is 154 Å². The van der Waals surface area contributed by atoms with Gasteiger partial charge in [0.2, 0.25) is 5.91 Å². The number of anilines is 1. The van der Waals surface area contributed by atoms with E-state index in [0.717, 1.165) is 62.7 Å². The van der Waals surface area contributed by atoms with Crippen LogP contribution in [0.5, 0.6) is 11.5 Å². The predicted octanol–water partition coefficient (Wildman–Crippen LogP) is 4.98. The lowest BCUT2D eigenvalue weighted by atomic mass is 9.85. The number of hydrogen-bond donors (Lipinski definition) is 2. The van der Waals surface area contributed by atoms with Gasteiger partial charge in [0.05, 0.1) is 42.6 Å². The molecule has 3 aliphatic rings. The van der Waals surface area contributed by atoms with Gasteiger partial charge in [-0.15, -0.1) is 0 Å². The zero-order valence-electron chi connectivity index (χ0n) is 30.6. The Morgan fingerprint density at radius 2 is 1.93 bits per heavy atom. The van der Waals surface area contributed by atoms with Crippen LogP contribution in [-0.4, -0.2) is 91.6 Å². The third kappa shape index (κ3) is 7.94. The maximum atomic E-state index is 13.6. The molecule has 0 bridgehead atoms. The van der Waals surface area contributed by atoms with Crippen LogP contribution in [0.15, 0.2) is 67.3 Å². The van der Waals surface area contributed by atoms with Gasteiger partial charge in [0.15, 0.2) is 11.8 Å². The minimum atomic E-state index is -0.643. The Hall–Kier alpha value is -5.34. The lowest BCUT2D eigenvalue weighted by Crippen LogP contribution is -2.48. The summed E-state index contributed by atoms with van der Waals surface area (Å²) in [5.74, 6) is 0.784. The first-order chi connectivity index (χ1) is 26.3. The second-order valence-corrected chi connectivity index (χ2v) is 14.9. The first kappa shape index (κ1) is 35.7. The summed E-state index contributed by atoms with van der Waals surface area (Å²) in [4.78, 5) is 44.1. The van der Waals surface area contributed by atoms with E-state index in [1.54, 1.807) is 29.2 Å². The Morgan fingerprint density at radius 1 is 1.09 bits per heavy atom. The van der Waals surface area contributed by atoms with Gasteiger partial charge in [-0.05, 0) is 81.7 Å². The molecule has 5 aromatic rings. The second-order valence-electron chi connectivity index (χ2n) is 14.9. The highest BCUT2D eigenvalue weighted by atomic mass is 16.5. The van der Waals surface area contributed by atoms with Gasteiger partial charge in [0.25, 0.3) is 11.8 Å². The summed E-state index contributed by atoms with van der Waals surface area (Å²) in [6.07, 6.45) is 12.2. The number of hydrogen-bond acceptors (Lipinski definition) is 10. The molecule has 1 aliphatic carbocycles. The molecule has 3 amide bonds. The third-order valence-corrected chi connectivity index (χ3v) is 10.7. The number of carbonyl (C=O) groups is 3. The number of fused-ring (bicyclic) bond motifs is 2. The molecule has 2 aliphatic heterocycles. The Morgan fingerprint density at radius 3 is 2.72 bits per heavy atom. The molecule has 8 rings (SSSR count). The number of rotatable bonds is 11. The van der Waals surface area contributed by atoms with Gasteiger partial charge in [-0.1, -0.05) is 12.1 Å². The molecule has 3 fully saturated rings. The van der Waals surface area contributed by atoms with Crippen LogP contribution in [-0.2, 0) is 20.7 Å². The summed E-state index contributed by atoms with van der Waals surface area (Å²) >= 11 is 0. The molecule has 0 spiro atoms. The maximum Gasteiger partial charge on any atom is 0.267 e. The van der Waals surface area contributed by atoms with Crippen molar-refractivity contribution in [1.82, 2.24) is 34.6 Å². The predicted molar refractivity (Wildman–Crippen MR) is 201 cm³/mol. The minimum Gasteiger partial charge on any atom is -0.490 e. The quantitative estimate of drug-likeness (QED) is 0.178. The molecule has 14 nitrogen and oxygen atoms in total. The molecule has 3 aromatic heterocycles. The van der Waals surface area contributed by atoms with E-state index in [1.807, 2.05) is 38.1 Å². The van der Waals surface area contributed by atoms with Crippen LogP contribution in [0.3, 0.4) is 0 Å². The molecule has 0 radical (unpaired) electrons. The van der Waals surface area contributed by atoms with Gasteiger partial charge >= 0.3 is 0 Å². The largest absolute Gasteiger partial charge is 0.490 e. The highest BCUT2D eigenvalue weighted by Gasteiger charge is 2.31. The normalized spacial score (nSPS) is 22.4. The number of ether oxygens (including phenoxy) is 3. The number of aromatic nitrogens is 5. The highest BCUT2D eigenvalue weighted by molar-refractivity contribution is 6.09. The smallest absolute Gasteiger partial charge is 0.267 e. The van der Waals surface area contributed by atoms with Crippen molar-refractivity contribution in [3.8, 4) is 11.5 Å². The number of carbonyl (C=O) groups excluding carboxylic acids is 3. The molecule has 2 saturated heterocycles. The Balaban J connectivity index is 0.885. The number of nitrogens with zero attached hydrogens (tertiary/aromatic N) is 6. The molecule has 2 N–H and O–H groups in total. The summed E-state index contributed by atoms with van der Waals surface area (Å²) in [6.45, 7) is 7.27. The average molecular weight is 735 g/mol. The fourth-order valence-corrected chi connectivity index (χ4v) is 7.86. The zero-order chi connectivity index (χ0) is 37.2. The summed E-state index contributed by atoms with van der Waals surface area (Å²) in [6, 6.07) is 14.0. The van der Waals surface area contributed by atoms with Crippen LogP contribution in [0, 0.1) is 5.92 Å². The second kappa shape index (κ2) is 15.6. The van der Waals surface area contributed by atoms with E-state index >= 15 is 0 Å². The van der Waals surface area contributed by atoms with Crippen LogP contribution in [0.4, 0.5) is 5.69 Å². The van der Waals surface area contributed by atoms with E-state index in [-0.39, 0.29) is 42.3 Å². The van der Waals surface area contributed by atoms with Gasteiger partial charge in [0.1, 0.15) is 17.2 Å². The highest BCUT2D eigenvalue weighted by Crippen LogP contribution is 2.35. The van der Waals surface area contributed by atoms with Crippen molar-refractivity contribution in [3.63, 3.8) is 0 Å². The van der Waals surface area contributed by atoms with E-state index in [0.29, 0.717) is 47.3 Å². The summed E-state index contributed by atoms with van der Waals surface area (Å²) in [5.41, 5.74) is 3.52. The Bertz CT molecular complexity index is 2140. The molecule has 1 saturated carbocycles. The lowest BCUT2D eigenvalue weighted by molar-refractivity contribution is -0.138. The molecule has 282 valence electrons. The van der Waals surface area contributed by atoms with Gasteiger partial charge in [-0.25, -0.2) is 9.50 Å². The SMILES string of the molecule is CC(C)Oc1cc2nn([C@H]3CC[C@H](CN4CCOC[C@@H]4Cc4ccc(OC5CCC(=O)NC5=O)cc4)CC3)cc2cc1C(=O)Nc1cnn2cccnc12. The van der Waals surface area contributed by atoms with Crippen molar-refractivity contribution >= 4 is 40.0 Å². The number of benzene rings is 2. The van der Waals surface area contributed by atoms with Gasteiger partial charge in [0, 0.05) is 62.0 Å². The molecule has 1 unspecified atom stereocenters. The number of piperidine rings is 1. The van der Waals surface area contributed by atoms with E-state index in [1.165, 1.54) is 5.56 Å². The molecular weight excluding hydrogens is 688 g/mol. The number of imide groups is 1. The molecular formula is C40H46N8O6. The number of morpholine rings is 1. The van der Waals surface area contributed by atoms with Crippen LogP contribution < -0.4 is 20.1 Å². The van der Waals surface area contributed by atoms with Crippen LogP contribution in [0.2, 0.25) is 0 Å². The monoisotopic (exact) mass is 734 g/mol. The van der Waals surface area contributed by atoms with Crippen LogP contribution in [0.1, 0.15) is 74.3 Å². The fourth-order valence-electron chi connectivity index (χ4n) is 7.86. The van der Waals surface area contributed by atoms with Crippen LogP contribution in [0.25, 0.3) is 16.6 Å². The molecule has 2 aromatic carbocycles. The molecule has 2 atom stereocenters. The number of amides is 3. The van der Waals surface area contributed by atoms with Gasteiger partial charge in [-0.2, -0.15) is 10.2 Å². The van der Waals surface area contributed by atoms with Gasteiger partial charge < -0.3 is 19.5 Å².